The Morgan fingerprint density at radius 3 is 2.76 bits per heavy atom. The number of aromatic nitrogens is 1. The number of fused-ring (bicyclic) bond motifs is 2. The Labute approximate surface area is 172 Å². The van der Waals surface area contributed by atoms with Crippen molar-refractivity contribution in [2.24, 2.45) is 0 Å². The van der Waals surface area contributed by atoms with Crippen molar-refractivity contribution in [2.75, 3.05) is 38.2 Å². The summed E-state index contributed by atoms with van der Waals surface area (Å²) in [6.07, 6.45) is 0. The van der Waals surface area contributed by atoms with E-state index in [0.29, 0.717) is 30.2 Å². The molecule has 29 heavy (non-hydrogen) atoms. The van der Waals surface area contributed by atoms with Gasteiger partial charge in [-0.3, -0.25) is 4.79 Å². The number of anilines is 1. The predicted molar refractivity (Wildman–Crippen MR) is 115 cm³/mol. The first kappa shape index (κ1) is 18.0. The number of amides is 1. The Morgan fingerprint density at radius 2 is 1.97 bits per heavy atom. The van der Waals surface area contributed by atoms with Crippen molar-refractivity contribution in [1.29, 1.82) is 0 Å². The molecule has 0 saturated carbocycles. The largest absolute Gasteiger partial charge is 0.493 e. The summed E-state index contributed by atoms with van der Waals surface area (Å²) in [6.45, 7) is 4.89. The van der Waals surface area contributed by atoms with Crippen molar-refractivity contribution in [1.82, 2.24) is 9.88 Å². The highest BCUT2D eigenvalue weighted by molar-refractivity contribution is 7.22. The third-order valence-corrected chi connectivity index (χ3v) is 6.39. The molecule has 0 spiro atoms. The van der Waals surface area contributed by atoms with Gasteiger partial charge in [0.15, 0.2) is 22.2 Å². The first-order valence-electron chi connectivity index (χ1n) is 9.60. The number of piperazine rings is 1. The fourth-order valence-corrected chi connectivity index (χ4v) is 4.83. The number of thiazole rings is 1. The van der Waals surface area contributed by atoms with Crippen LogP contribution in [0, 0.1) is 6.92 Å². The first-order valence-corrected chi connectivity index (χ1v) is 10.4. The van der Waals surface area contributed by atoms with Crippen LogP contribution < -0.4 is 9.64 Å². The molecule has 0 aliphatic carbocycles. The second-order valence-corrected chi connectivity index (χ2v) is 8.25. The van der Waals surface area contributed by atoms with Crippen LogP contribution in [0.5, 0.6) is 5.75 Å². The summed E-state index contributed by atoms with van der Waals surface area (Å²) in [5, 5.41) is 1.89. The Balaban J connectivity index is 1.31. The summed E-state index contributed by atoms with van der Waals surface area (Å²) in [5.74, 6) is 0.911. The molecule has 5 rings (SSSR count). The van der Waals surface area contributed by atoms with Crippen molar-refractivity contribution in [3.05, 3.63) is 53.8 Å². The molecule has 3 heterocycles. The zero-order valence-corrected chi connectivity index (χ0v) is 17.2. The number of hydrogen-bond acceptors (Lipinski definition) is 6. The van der Waals surface area contributed by atoms with E-state index < -0.39 is 0 Å². The molecular formula is C22H21N3O3S. The average molecular weight is 407 g/mol. The van der Waals surface area contributed by atoms with E-state index in [-0.39, 0.29) is 5.91 Å². The summed E-state index contributed by atoms with van der Waals surface area (Å²) in [7, 11) is 1.60. The van der Waals surface area contributed by atoms with E-state index in [1.807, 2.05) is 23.1 Å². The molecule has 0 N–H and O–H groups in total. The molecular weight excluding hydrogens is 386 g/mol. The van der Waals surface area contributed by atoms with Gasteiger partial charge in [-0.2, -0.15) is 0 Å². The molecule has 1 amide bonds. The van der Waals surface area contributed by atoms with Gasteiger partial charge < -0.3 is 19.0 Å². The van der Waals surface area contributed by atoms with Gasteiger partial charge in [0.05, 0.1) is 17.3 Å². The Kier molecular flexibility index (Phi) is 4.39. The number of hydrogen-bond donors (Lipinski definition) is 0. The lowest BCUT2D eigenvalue weighted by Crippen LogP contribution is -2.48. The van der Waals surface area contributed by atoms with Crippen LogP contribution in [-0.2, 0) is 0 Å². The second-order valence-electron chi connectivity index (χ2n) is 7.24. The minimum Gasteiger partial charge on any atom is -0.493 e. The summed E-state index contributed by atoms with van der Waals surface area (Å²) < 4.78 is 12.4. The average Bonchev–Trinajstić information content (AvgIpc) is 3.37. The number of ether oxygens (including phenoxy) is 1. The molecule has 0 radical (unpaired) electrons. The number of carbonyl (C=O) groups is 1. The molecule has 1 fully saturated rings. The molecule has 2 aromatic carbocycles. The third-order valence-electron chi connectivity index (χ3n) is 5.31. The van der Waals surface area contributed by atoms with Crippen LogP contribution in [-0.4, -0.2) is 49.1 Å². The monoisotopic (exact) mass is 407 g/mol. The van der Waals surface area contributed by atoms with E-state index in [2.05, 4.69) is 30.0 Å². The molecule has 1 saturated heterocycles. The minimum absolute atomic E-state index is 0.0807. The van der Waals surface area contributed by atoms with E-state index in [4.69, 9.17) is 14.1 Å². The molecule has 4 aromatic rings. The van der Waals surface area contributed by atoms with E-state index >= 15 is 0 Å². The lowest BCUT2D eigenvalue weighted by Gasteiger charge is -2.34. The highest BCUT2D eigenvalue weighted by Gasteiger charge is 2.26. The standard InChI is InChI=1S/C22H21N3O3S/c1-14-6-7-16-19(12-14)29-22(23-16)25-10-8-24(9-11-25)21(26)18-13-15-4-3-5-17(27-2)20(15)28-18/h3-7,12-13H,8-11H2,1-2H3. The van der Waals surface area contributed by atoms with E-state index in [9.17, 15) is 4.79 Å². The number of rotatable bonds is 3. The van der Waals surface area contributed by atoms with Crippen LogP contribution in [0.4, 0.5) is 5.13 Å². The maximum Gasteiger partial charge on any atom is 0.289 e. The molecule has 7 heteroatoms. The van der Waals surface area contributed by atoms with Gasteiger partial charge in [-0.05, 0) is 36.8 Å². The van der Waals surface area contributed by atoms with Gasteiger partial charge in [0.25, 0.3) is 5.91 Å². The highest BCUT2D eigenvalue weighted by atomic mass is 32.1. The van der Waals surface area contributed by atoms with Gasteiger partial charge in [-0.25, -0.2) is 4.98 Å². The number of carbonyl (C=O) groups excluding carboxylic acids is 1. The van der Waals surface area contributed by atoms with Crippen LogP contribution in [0.15, 0.2) is 46.9 Å². The number of aryl methyl sites for hydroxylation is 1. The van der Waals surface area contributed by atoms with Gasteiger partial charge >= 0.3 is 0 Å². The molecule has 0 unspecified atom stereocenters. The zero-order valence-electron chi connectivity index (χ0n) is 16.3. The maximum absolute atomic E-state index is 13.0. The van der Waals surface area contributed by atoms with Crippen LogP contribution in [0.3, 0.4) is 0 Å². The van der Waals surface area contributed by atoms with Gasteiger partial charge in [0.1, 0.15) is 0 Å². The van der Waals surface area contributed by atoms with Crippen molar-refractivity contribution < 1.29 is 13.9 Å². The van der Waals surface area contributed by atoms with E-state index in [1.165, 1.54) is 10.3 Å². The number of methoxy groups -OCH3 is 1. The van der Waals surface area contributed by atoms with Crippen LogP contribution in [0.2, 0.25) is 0 Å². The van der Waals surface area contributed by atoms with E-state index in [1.54, 1.807) is 24.5 Å². The quantitative estimate of drug-likeness (QED) is 0.506. The van der Waals surface area contributed by atoms with Gasteiger partial charge in [0.2, 0.25) is 0 Å². The molecule has 6 nitrogen and oxygen atoms in total. The van der Waals surface area contributed by atoms with Gasteiger partial charge in [0, 0.05) is 31.6 Å². The minimum atomic E-state index is -0.0807. The van der Waals surface area contributed by atoms with Gasteiger partial charge in [-0.15, -0.1) is 0 Å². The van der Waals surface area contributed by atoms with Crippen LogP contribution in [0.25, 0.3) is 21.2 Å². The summed E-state index contributed by atoms with van der Waals surface area (Å²) >= 11 is 1.71. The Morgan fingerprint density at radius 1 is 1.14 bits per heavy atom. The van der Waals surface area contributed by atoms with Crippen LogP contribution >= 0.6 is 11.3 Å². The highest BCUT2D eigenvalue weighted by Crippen LogP contribution is 2.31. The Bertz CT molecular complexity index is 1200. The lowest BCUT2D eigenvalue weighted by atomic mass is 10.2. The maximum atomic E-state index is 13.0. The molecule has 2 aromatic heterocycles. The zero-order chi connectivity index (χ0) is 20.0. The molecule has 0 bridgehead atoms. The third kappa shape index (κ3) is 3.21. The molecule has 1 aliphatic heterocycles. The van der Waals surface area contributed by atoms with Crippen LogP contribution in [0.1, 0.15) is 16.1 Å². The number of para-hydroxylation sites is 1. The topological polar surface area (TPSA) is 58.8 Å². The number of nitrogens with zero attached hydrogens (tertiary/aromatic N) is 3. The summed E-state index contributed by atoms with van der Waals surface area (Å²) in [6, 6.07) is 13.8. The Hall–Kier alpha value is -3.06. The van der Waals surface area contributed by atoms with Crippen molar-refractivity contribution in [2.45, 2.75) is 6.92 Å². The molecule has 0 atom stereocenters. The van der Waals surface area contributed by atoms with E-state index in [0.717, 1.165) is 29.1 Å². The second kappa shape index (κ2) is 7.08. The van der Waals surface area contributed by atoms with Gasteiger partial charge in [-0.1, -0.05) is 29.5 Å². The first-order chi connectivity index (χ1) is 14.1. The molecule has 148 valence electrons. The fourth-order valence-electron chi connectivity index (χ4n) is 3.71. The fraction of sp³-hybridized carbons (Fsp3) is 0.273. The van der Waals surface area contributed by atoms with Crippen molar-refractivity contribution in [3.8, 4) is 5.75 Å². The summed E-state index contributed by atoms with van der Waals surface area (Å²) in [4.78, 5) is 21.8. The van der Waals surface area contributed by atoms with Crippen molar-refractivity contribution in [3.63, 3.8) is 0 Å². The molecule has 1 aliphatic rings. The predicted octanol–water partition coefficient (Wildman–Crippen LogP) is 4.32. The number of furan rings is 1. The normalized spacial score (nSPS) is 14.7. The number of benzene rings is 2. The SMILES string of the molecule is COc1cccc2cc(C(=O)N3CCN(c4nc5ccc(C)cc5s4)CC3)oc12. The summed E-state index contributed by atoms with van der Waals surface area (Å²) in [5.41, 5.74) is 2.89. The van der Waals surface area contributed by atoms with Crippen molar-refractivity contribution >= 4 is 43.6 Å². The lowest BCUT2D eigenvalue weighted by molar-refractivity contribution is 0.0717. The smallest absolute Gasteiger partial charge is 0.289 e.